The maximum atomic E-state index is 12.6. The molecule has 0 atom stereocenters. The van der Waals surface area contributed by atoms with Crippen LogP contribution in [-0.4, -0.2) is 22.6 Å². The number of hydrogen-bond donors (Lipinski definition) is 0. The fourth-order valence-electron chi connectivity index (χ4n) is 3.12. The molecule has 0 bridgehead atoms. The molecule has 1 aliphatic rings. The highest BCUT2D eigenvalue weighted by Crippen LogP contribution is 2.36. The number of rotatable bonds is 3. The molecule has 4 rings (SSSR count). The van der Waals surface area contributed by atoms with Crippen LogP contribution in [0.1, 0.15) is 5.56 Å². The third kappa shape index (κ3) is 2.65. The van der Waals surface area contributed by atoms with Crippen LogP contribution < -0.4 is 0 Å². The Labute approximate surface area is 149 Å². The molecule has 25 heavy (non-hydrogen) atoms. The molecule has 3 aromatic rings. The molecule has 122 valence electrons. The average molecular weight is 345 g/mol. The zero-order valence-corrected chi connectivity index (χ0v) is 14.3. The third-order valence-corrected chi connectivity index (χ3v) is 5.18. The molecule has 1 heterocycles. The van der Waals surface area contributed by atoms with E-state index in [1.165, 1.54) is 4.90 Å². The number of carbonyl (C=O) groups is 2. The normalized spacial score (nSPS) is 16.3. The van der Waals surface area contributed by atoms with Crippen LogP contribution >= 0.6 is 11.8 Å². The Morgan fingerprint density at radius 2 is 1.56 bits per heavy atom. The van der Waals surface area contributed by atoms with Gasteiger partial charge in [-0.25, -0.2) is 0 Å². The molecular formula is C21H15NO2S. The van der Waals surface area contributed by atoms with E-state index in [-0.39, 0.29) is 17.7 Å². The molecule has 0 aromatic heterocycles. The Balaban J connectivity index is 1.95. The van der Waals surface area contributed by atoms with Crippen molar-refractivity contribution < 1.29 is 9.59 Å². The second kappa shape index (κ2) is 6.22. The molecule has 3 aromatic carbocycles. The molecule has 4 heteroatoms. The predicted octanol–water partition coefficient (Wildman–Crippen LogP) is 5.22. The summed E-state index contributed by atoms with van der Waals surface area (Å²) in [6.45, 7) is 3.84. The van der Waals surface area contributed by atoms with Gasteiger partial charge in [-0.1, -0.05) is 54.6 Å². The van der Waals surface area contributed by atoms with Crippen molar-refractivity contribution in [3.63, 3.8) is 0 Å². The smallest absolute Gasteiger partial charge is 0.268 e. The van der Waals surface area contributed by atoms with E-state index in [1.807, 2.05) is 42.5 Å². The topological polar surface area (TPSA) is 37.4 Å². The van der Waals surface area contributed by atoms with Crippen molar-refractivity contribution in [2.45, 2.75) is 0 Å². The summed E-state index contributed by atoms with van der Waals surface area (Å²) in [6.07, 6.45) is 3.41. The second-order valence-corrected chi connectivity index (χ2v) is 6.81. The first kappa shape index (κ1) is 15.7. The second-order valence-electron chi connectivity index (χ2n) is 5.81. The van der Waals surface area contributed by atoms with Crippen molar-refractivity contribution >= 4 is 50.5 Å². The fraction of sp³-hybridized carbons (Fsp3) is 0.0476. The molecule has 1 fully saturated rings. The molecule has 0 unspecified atom stereocenters. The average Bonchev–Trinajstić information content (AvgIpc) is 2.89. The SMILES string of the molecule is C=CCN1C(=O)S/C(=C/c2c3ccccc3cc3ccccc23)C1=O. The molecule has 0 saturated carbocycles. The fourth-order valence-corrected chi connectivity index (χ4v) is 3.95. The van der Waals surface area contributed by atoms with Gasteiger partial charge in [0, 0.05) is 6.54 Å². The molecule has 0 N–H and O–H groups in total. The van der Waals surface area contributed by atoms with Gasteiger partial charge in [0.2, 0.25) is 0 Å². The molecule has 3 nitrogen and oxygen atoms in total. The zero-order valence-electron chi connectivity index (χ0n) is 13.4. The number of imide groups is 1. The third-order valence-electron chi connectivity index (χ3n) is 4.27. The summed E-state index contributed by atoms with van der Waals surface area (Å²) in [5, 5.41) is 4.10. The van der Waals surface area contributed by atoms with E-state index in [2.05, 4.69) is 24.8 Å². The first-order valence-corrected chi connectivity index (χ1v) is 8.77. The molecule has 2 amide bonds. The lowest BCUT2D eigenvalue weighted by Gasteiger charge is -2.10. The van der Waals surface area contributed by atoms with Crippen LogP contribution in [0, 0.1) is 0 Å². The number of benzene rings is 3. The Bertz CT molecular complexity index is 1010. The van der Waals surface area contributed by atoms with E-state index in [0.29, 0.717) is 4.91 Å². The standard InChI is InChI=1S/C21H15NO2S/c1-2-11-22-20(23)19(25-21(22)24)13-18-16-9-5-3-7-14(16)12-15-8-4-6-10-17(15)18/h2-10,12-13H,1,11H2/b19-13+. The van der Waals surface area contributed by atoms with Crippen LogP contribution in [-0.2, 0) is 4.79 Å². The molecule has 0 spiro atoms. The van der Waals surface area contributed by atoms with E-state index in [0.717, 1.165) is 38.9 Å². The van der Waals surface area contributed by atoms with E-state index in [1.54, 1.807) is 6.08 Å². The van der Waals surface area contributed by atoms with E-state index in [4.69, 9.17) is 0 Å². The molecule has 1 aliphatic heterocycles. The number of fused-ring (bicyclic) bond motifs is 2. The Morgan fingerprint density at radius 3 is 2.16 bits per heavy atom. The number of nitrogens with zero attached hydrogens (tertiary/aromatic N) is 1. The predicted molar refractivity (Wildman–Crippen MR) is 104 cm³/mol. The molecule has 1 saturated heterocycles. The van der Waals surface area contributed by atoms with Gasteiger partial charge in [-0.3, -0.25) is 14.5 Å². The van der Waals surface area contributed by atoms with Gasteiger partial charge in [-0.05, 0) is 51.0 Å². The quantitative estimate of drug-likeness (QED) is 0.371. The number of hydrogen-bond acceptors (Lipinski definition) is 3. The first-order chi connectivity index (χ1) is 12.2. The summed E-state index contributed by atoms with van der Waals surface area (Å²) in [5.74, 6) is -0.257. The Morgan fingerprint density at radius 1 is 0.960 bits per heavy atom. The lowest BCUT2D eigenvalue weighted by molar-refractivity contribution is -0.122. The Kier molecular flexibility index (Phi) is 3.90. The van der Waals surface area contributed by atoms with Gasteiger partial charge in [0.1, 0.15) is 0 Å². The maximum absolute atomic E-state index is 12.6. The molecule has 0 radical (unpaired) electrons. The minimum Gasteiger partial charge on any atom is -0.268 e. The van der Waals surface area contributed by atoms with Crippen LogP contribution in [0.3, 0.4) is 0 Å². The molecule has 0 aliphatic carbocycles. The summed E-state index contributed by atoms with van der Waals surface area (Å²) in [4.78, 5) is 26.3. The van der Waals surface area contributed by atoms with Crippen molar-refractivity contribution in [3.8, 4) is 0 Å². The summed E-state index contributed by atoms with van der Waals surface area (Å²) in [7, 11) is 0. The van der Waals surface area contributed by atoms with Crippen LogP contribution in [0.4, 0.5) is 4.79 Å². The van der Waals surface area contributed by atoms with Crippen molar-refractivity contribution in [3.05, 3.63) is 77.7 Å². The van der Waals surface area contributed by atoms with Crippen LogP contribution in [0.5, 0.6) is 0 Å². The monoisotopic (exact) mass is 345 g/mol. The summed E-state index contributed by atoms with van der Waals surface area (Å²) in [6, 6.07) is 18.3. The first-order valence-electron chi connectivity index (χ1n) is 7.96. The van der Waals surface area contributed by atoms with E-state index >= 15 is 0 Å². The van der Waals surface area contributed by atoms with Crippen LogP contribution in [0.2, 0.25) is 0 Å². The minimum atomic E-state index is -0.257. The lowest BCUT2D eigenvalue weighted by Crippen LogP contribution is -2.27. The van der Waals surface area contributed by atoms with Gasteiger partial charge in [-0.2, -0.15) is 0 Å². The molecular weight excluding hydrogens is 330 g/mol. The van der Waals surface area contributed by atoms with Crippen molar-refractivity contribution in [2.75, 3.05) is 6.54 Å². The highest BCUT2D eigenvalue weighted by molar-refractivity contribution is 8.18. The van der Waals surface area contributed by atoms with Crippen molar-refractivity contribution in [1.29, 1.82) is 0 Å². The number of carbonyl (C=O) groups excluding carboxylic acids is 2. The van der Waals surface area contributed by atoms with E-state index < -0.39 is 0 Å². The van der Waals surface area contributed by atoms with Gasteiger partial charge < -0.3 is 0 Å². The minimum absolute atomic E-state index is 0.234. The van der Waals surface area contributed by atoms with Gasteiger partial charge >= 0.3 is 0 Å². The van der Waals surface area contributed by atoms with Gasteiger partial charge in [-0.15, -0.1) is 6.58 Å². The van der Waals surface area contributed by atoms with Crippen LogP contribution in [0.15, 0.2) is 72.2 Å². The highest BCUT2D eigenvalue weighted by atomic mass is 32.2. The number of amides is 2. The summed E-state index contributed by atoms with van der Waals surface area (Å²) < 4.78 is 0. The lowest BCUT2D eigenvalue weighted by atomic mass is 9.96. The van der Waals surface area contributed by atoms with Gasteiger partial charge in [0.15, 0.2) is 0 Å². The largest absolute Gasteiger partial charge is 0.293 e. The van der Waals surface area contributed by atoms with Crippen molar-refractivity contribution in [1.82, 2.24) is 4.90 Å². The number of thioether (sulfide) groups is 1. The highest BCUT2D eigenvalue weighted by Gasteiger charge is 2.34. The van der Waals surface area contributed by atoms with Gasteiger partial charge in [0.25, 0.3) is 11.1 Å². The van der Waals surface area contributed by atoms with Crippen LogP contribution in [0.25, 0.3) is 27.6 Å². The van der Waals surface area contributed by atoms with E-state index in [9.17, 15) is 9.59 Å². The zero-order chi connectivity index (χ0) is 17.4. The Hall–Kier alpha value is -2.85. The summed E-state index contributed by atoms with van der Waals surface area (Å²) >= 11 is 0.984. The summed E-state index contributed by atoms with van der Waals surface area (Å²) in [5.41, 5.74) is 0.970. The maximum Gasteiger partial charge on any atom is 0.293 e. The van der Waals surface area contributed by atoms with Gasteiger partial charge in [0.05, 0.1) is 4.91 Å². The van der Waals surface area contributed by atoms with Crippen molar-refractivity contribution in [2.24, 2.45) is 0 Å².